The van der Waals surface area contributed by atoms with Crippen molar-refractivity contribution in [3.05, 3.63) is 30.1 Å². The van der Waals surface area contributed by atoms with Crippen molar-refractivity contribution >= 4 is 11.0 Å². The van der Waals surface area contributed by atoms with Crippen molar-refractivity contribution in [3.8, 4) is 0 Å². The van der Waals surface area contributed by atoms with Gasteiger partial charge in [0.15, 0.2) is 0 Å². The Balaban J connectivity index is 1.99. The van der Waals surface area contributed by atoms with Crippen LogP contribution in [-0.2, 0) is 7.05 Å². The molecule has 0 aliphatic carbocycles. The zero-order valence-electron chi connectivity index (χ0n) is 9.61. The molecule has 0 amide bonds. The van der Waals surface area contributed by atoms with Gasteiger partial charge in [-0.2, -0.15) is 0 Å². The zero-order valence-corrected chi connectivity index (χ0v) is 9.61. The summed E-state index contributed by atoms with van der Waals surface area (Å²) < 4.78 is 2.13. The third-order valence-corrected chi connectivity index (χ3v) is 3.47. The van der Waals surface area contributed by atoms with Crippen LogP contribution in [0.15, 0.2) is 24.5 Å². The molecule has 1 fully saturated rings. The van der Waals surface area contributed by atoms with Gasteiger partial charge in [0, 0.05) is 25.5 Å². The molecule has 1 unspecified atom stereocenters. The van der Waals surface area contributed by atoms with Gasteiger partial charge in [0.05, 0.1) is 11.0 Å². The maximum absolute atomic E-state index is 4.52. The largest absolute Gasteiger partial charge is 0.349 e. The Morgan fingerprint density at radius 1 is 1.44 bits per heavy atom. The summed E-state index contributed by atoms with van der Waals surface area (Å²) in [5, 5.41) is 3.56. The van der Waals surface area contributed by atoms with Gasteiger partial charge in [0.25, 0.3) is 0 Å². The highest BCUT2D eigenvalue weighted by molar-refractivity contribution is 5.76. The lowest BCUT2D eigenvalue weighted by Gasteiger charge is -2.23. The molecule has 3 heteroatoms. The maximum atomic E-state index is 4.52. The second kappa shape index (κ2) is 3.91. The summed E-state index contributed by atoms with van der Waals surface area (Å²) in [5.41, 5.74) is 3.64. The van der Waals surface area contributed by atoms with Crippen molar-refractivity contribution < 1.29 is 0 Å². The second-order valence-corrected chi connectivity index (χ2v) is 4.60. The molecule has 0 spiro atoms. The molecule has 16 heavy (non-hydrogen) atoms. The Morgan fingerprint density at radius 3 is 3.19 bits per heavy atom. The third kappa shape index (κ3) is 1.61. The monoisotopic (exact) mass is 215 g/mol. The number of nitrogens with one attached hydrogen (secondary N) is 1. The molecule has 2 aromatic rings. The summed E-state index contributed by atoms with van der Waals surface area (Å²) in [6.07, 6.45) is 7.94. The average molecular weight is 215 g/mol. The average Bonchev–Trinajstić information content (AvgIpc) is 2.72. The first kappa shape index (κ1) is 9.85. The molecular weight excluding hydrogens is 198 g/mol. The molecule has 84 valence electrons. The van der Waals surface area contributed by atoms with E-state index in [-0.39, 0.29) is 0 Å². The van der Waals surface area contributed by atoms with E-state index in [1.165, 1.54) is 30.3 Å². The van der Waals surface area contributed by atoms with Crippen LogP contribution in [0.4, 0.5) is 0 Å². The number of fused-ring (bicyclic) bond motifs is 1. The summed E-state index contributed by atoms with van der Waals surface area (Å²) in [7, 11) is 2.07. The molecule has 1 N–H and O–H groups in total. The SMILES string of the molecule is Cn1ccc2ncc(C3CCCCN3)cc21. The van der Waals surface area contributed by atoms with Gasteiger partial charge in [-0.1, -0.05) is 6.42 Å². The Labute approximate surface area is 95.5 Å². The minimum atomic E-state index is 0.501. The molecule has 0 radical (unpaired) electrons. The van der Waals surface area contributed by atoms with Gasteiger partial charge < -0.3 is 9.88 Å². The maximum Gasteiger partial charge on any atom is 0.0881 e. The first-order valence-corrected chi connectivity index (χ1v) is 5.99. The highest BCUT2D eigenvalue weighted by atomic mass is 14.9. The van der Waals surface area contributed by atoms with Crippen LogP contribution in [-0.4, -0.2) is 16.1 Å². The lowest BCUT2D eigenvalue weighted by Crippen LogP contribution is -2.26. The molecule has 3 heterocycles. The summed E-state index contributed by atoms with van der Waals surface area (Å²) in [4.78, 5) is 4.52. The molecule has 0 aromatic carbocycles. The first-order valence-electron chi connectivity index (χ1n) is 5.99. The molecule has 2 aromatic heterocycles. The van der Waals surface area contributed by atoms with Gasteiger partial charge in [-0.05, 0) is 37.1 Å². The van der Waals surface area contributed by atoms with Crippen molar-refractivity contribution in [2.24, 2.45) is 7.05 Å². The van der Waals surface area contributed by atoms with E-state index in [0.29, 0.717) is 6.04 Å². The number of hydrogen-bond acceptors (Lipinski definition) is 2. The predicted octanol–water partition coefficient (Wildman–Crippen LogP) is 2.39. The molecule has 0 saturated carbocycles. The van der Waals surface area contributed by atoms with Gasteiger partial charge in [-0.15, -0.1) is 0 Å². The minimum absolute atomic E-state index is 0.501. The van der Waals surface area contributed by atoms with Crippen molar-refractivity contribution in [2.45, 2.75) is 25.3 Å². The van der Waals surface area contributed by atoms with Gasteiger partial charge in [0.2, 0.25) is 0 Å². The third-order valence-electron chi connectivity index (χ3n) is 3.47. The molecule has 3 nitrogen and oxygen atoms in total. The van der Waals surface area contributed by atoms with E-state index < -0.39 is 0 Å². The molecular formula is C13H17N3. The van der Waals surface area contributed by atoms with E-state index in [1.54, 1.807) is 0 Å². The van der Waals surface area contributed by atoms with Gasteiger partial charge >= 0.3 is 0 Å². The summed E-state index contributed by atoms with van der Waals surface area (Å²) in [6, 6.07) is 4.83. The van der Waals surface area contributed by atoms with E-state index in [2.05, 4.69) is 40.2 Å². The molecule has 1 saturated heterocycles. The normalized spacial score (nSPS) is 21.4. The first-order chi connectivity index (χ1) is 7.84. The Hall–Kier alpha value is -1.35. The lowest BCUT2D eigenvalue weighted by atomic mass is 9.99. The number of hydrogen-bond donors (Lipinski definition) is 1. The molecule has 1 aliphatic rings. The van der Waals surface area contributed by atoms with Crippen LogP contribution in [0.25, 0.3) is 11.0 Å². The predicted molar refractivity (Wildman–Crippen MR) is 65.3 cm³/mol. The van der Waals surface area contributed by atoms with Gasteiger partial charge in [-0.3, -0.25) is 4.98 Å². The quantitative estimate of drug-likeness (QED) is 0.791. The fourth-order valence-corrected chi connectivity index (χ4v) is 2.48. The number of pyridine rings is 1. The smallest absolute Gasteiger partial charge is 0.0881 e. The van der Waals surface area contributed by atoms with Crippen LogP contribution < -0.4 is 5.32 Å². The van der Waals surface area contributed by atoms with Gasteiger partial charge in [-0.25, -0.2) is 0 Å². The lowest BCUT2D eigenvalue weighted by molar-refractivity contribution is 0.412. The van der Waals surface area contributed by atoms with Crippen LogP contribution in [0.2, 0.25) is 0 Å². The second-order valence-electron chi connectivity index (χ2n) is 4.60. The number of aryl methyl sites for hydroxylation is 1. The number of rotatable bonds is 1. The van der Waals surface area contributed by atoms with Crippen LogP contribution >= 0.6 is 0 Å². The minimum Gasteiger partial charge on any atom is -0.349 e. The fourth-order valence-electron chi connectivity index (χ4n) is 2.48. The van der Waals surface area contributed by atoms with Crippen molar-refractivity contribution in [2.75, 3.05) is 6.54 Å². The van der Waals surface area contributed by atoms with Crippen LogP contribution in [0.3, 0.4) is 0 Å². The zero-order chi connectivity index (χ0) is 11.0. The van der Waals surface area contributed by atoms with Crippen molar-refractivity contribution in [3.63, 3.8) is 0 Å². The fraction of sp³-hybridized carbons (Fsp3) is 0.462. The van der Waals surface area contributed by atoms with Crippen molar-refractivity contribution in [1.29, 1.82) is 0 Å². The summed E-state index contributed by atoms with van der Waals surface area (Å²) in [6.45, 7) is 1.13. The highest BCUT2D eigenvalue weighted by Crippen LogP contribution is 2.24. The van der Waals surface area contributed by atoms with E-state index in [4.69, 9.17) is 0 Å². The number of nitrogens with zero attached hydrogens (tertiary/aromatic N) is 2. The summed E-state index contributed by atoms with van der Waals surface area (Å²) in [5.74, 6) is 0. The Kier molecular flexibility index (Phi) is 2.40. The molecule has 3 rings (SSSR count). The molecule has 1 aliphatic heterocycles. The van der Waals surface area contributed by atoms with E-state index >= 15 is 0 Å². The van der Waals surface area contributed by atoms with E-state index in [0.717, 1.165) is 12.1 Å². The van der Waals surface area contributed by atoms with Crippen LogP contribution in [0, 0.1) is 0 Å². The Bertz CT molecular complexity index is 495. The standard InChI is InChI=1S/C13H17N3/c1-16-7-5-12-13(16)8-10(9-15-12)11-4-2-3-6-14-11/h5,7-9,11,14H,2-4,6H2,1H3. The van der Waals surface area contributed by atoms with Gasteiger partial charge in [0.1, 0.15) is 0 Å². The van der Waals surface area contributed by atoms with Crippen molar-refractivity contribution in [1.82, 2.24) is 14.9 Å². The molecule has 0 bridgehead atoms. The molecule has 1 atom stereocenters. The van der Waals surface area contributed by atoms with Crippen LogP contribution in [0.5, 0.6) is 0 Å². The Morgan fingerprint density at radius 2 is 2.38 bits per heavy atom. The summed E-state index contributed by atoms with van der Waals surface area (Å²) >= 11 is 0. The topological polar surface area (TPSA) is 29.9 Å². The highest BCUT2D eigenvalue weighted by Gasteiger charge is 2.15. The van der Waals surface area contributed by atoms with Crippen LogP contribution in [0.1, 0.15) is 30.9 Å². The van der Waals surface area contributed by atoms with E-state index in [1.807, 2.05) is 6.20 Å². The number of aromatic nitrogens is 2. The van der Waals surface area contributed by atoms with E-state index in [9.17, 15) is 0 Å². The number of piperidine rings is 1.